The first-order chi connectivity index (χ1) is 13.1. The molecule has 1 N–H and O–H groups in total. The van der Waals surface area contributed by atoms with E-state index in [2.05, 4.69) is 9.88 Å². The van der Waals surface area contributed by atoms with E-state index in [-0.39, 0.29) is 0 Å². The molecule has 1 aromatic heterocycles. The highest BCUT2D eigenvalue weighted by Gasteiger charge is 2.34. The molecule has 0 aliphatic carbocycles. The highest BCUT2D eigenvalue weighted by Crippen LogP contribution is 2.37. The monoisotopic (exact) mass is 371 g/mol. The fourth-order valence-electron chi connectivity index (χ4n) is 3.54. The van der Waals surface area contributed by atoms with Crippen LogP contribution in [0.15, 0.2) is 42.7 Å². The third-order valence-corrected chi connectivity index (χ3v) is 4.90. The molecule has 0 spiro atoms. The predicted molar refractivity (Wildman–Crippen MR) is 101 cm³/mol. The second kappa shape index (κ2) is 8.83. The lowest BCUT2D eigenvalue weighted by molar-refractivity contribution is -0.144. The highest BCUT2D eigenvalue weighted by molar-refractivity contribution is 5.78. The molecule has 1 aliphatic rings. The van der Waals surface area contributed by atoms with E-state index in [1.807, 2.05) is 17.0 Å². The number of ether oxygens (including phenoxy) is 2. The van der Waals surface area contributed by atoms with Gasteiger partial charge in [0, 0.05) is 45.1 Å². The summed E-state index contributed by atoms with van der Waals surface area (Å²) in [5.41, 5.74) is 1.78. The fraction of sp³-hybridized carbons (Fsp3) is 0.400. The molecule has 3 rings (SSSR count). The SMILES string of the molecule is COc1cccc(OC)c1[C@@H](C(=O)O)N1CCN(Cc2ccncc2)CC1. The maximum atomic E-state index is 12.1. The van der Waals surface area contributed by atoms with Gasteiger partial charge in [-0.25, -0.2) is 0 Å². The summed E-state index contributed by atoms with van der Waals surface area (Å²) in [6.07, 6.45) is 3.58. The molecule has 0 unspecified atom stereocenters. The van der Waals surface area contributed by atoms with E-state index in [1.54, 1.807) is 44.8 Å². The minimum Gasteiger partial charge on any atom is -0.496 e. The number of pyridine rings is 1. The van der Waals surface area contributed by atoms with Gasteiger partial charge in [0.05, 0.1) is 19.8 Å². The Bertz CT molecular complexity index is 739. The number of aliphatic carboxylic acids is 1. The number of carboxylic acid groups (broad SMARTS) is 1. The van der Waals surface area contributed by atoms with Crippen LogP contribution in [0.25, 0.3) is 0 Å². The van der Waals surface area contributed by atoms with Crippen LogP contribution in [0.3, 0.4) is 0 Å². The van der Waals surface area contributed by atoms with Crippen LogP contribution in [0, 0.1) is 0 Å². The molecule has 0 amide bonds. The summed E-state index contributed by atoms with van der Waals surface area (Å²) >= 11 is 0. The number of carboxylic acids is 1. The molecule has 0 saturated carbocycles. The molecule has 2 aromatic rings. The summed E-state index contributed by atoms with van der Waals surface area (Å²) < 4.78 is 10.8. The summed E-state index contributed by atoms with van der Waals surface area (Å²) in [7, 11) is 3.09. The second-order valence-corrected chi connectivity index (χ2v) is 6.48. The lowest BCUT2D eigenvalue weighted by atomic mass is 10.0. The third-order valence-electron chi connectivity index (χ3n) is 4.90. The van der Waals surface area contributed by atoms with Crippen molar-refractivity contribution < 1.29 is 19.4 Å². The average Bonchev–Trinajstić information content (AvgIpc) is 2.70. The lowest BCUT2D eigenvalue weighted by Crippen LogP contribution is -2.49. The molecule has 2 heterocycles. The number of carbonyl (C=O) groups is 1. The van der Waals surface area contributed by atoms with Crippen LogP contribution in [0.2, 0.25) is 0 Å². The molecule has 0 radical (unpaired) electrons. The van der Waals surface area contributed by atoms with Gasteiger partial charge in [0.25, 0.3) is 0 Å². The van der Waals surface area contributed by atoms with Gasteiger partial charge in [0.1, 0.15) is 17.5 Å². The second-order valence-electron chi connectivity index (χ2n) is 6.48. The van der Waals surface area contributed by atoms with E-state index < -0.39 is 12.0 Å². The van der Waals surface area contributed by atoms with E-state index in [0.29, 0.717) is 30.2 Å². The van der Waals surface area contributed by atoms with Crippen molar-refractivity contribution in [1.29, 1.82) is 0 Å². The van der Waals surface area contributed by atoms with Crippen molar-refractivity contribution in [3.05, 3.63) is 53.9 Å². The molecule has 0 bridgehead atoms. The fourth-order valence-corrected chi connectivity index (χ4v) is 3.54. The molecule has 1 fully saturated rings. The quantitative estimate of drug-likeness (QED) is 0.798. The molecule has 7 heteroatoms. The summed E-state index contributed by atoms with van der Waals surface area (Å²) in [5.74, 6) is 0.155. The number of piperazine rings is 1. The Hall–Kier alpha value is -2.64. The van der Waals surface area contributed by atoms with Gasteiger partial charge in [-0.3, -0.25) is 19.6 Å². The van der Waals surface area contributed by atoms with Crippen LogP contribution in [0.4, 0.5) is 0 Å². The van der Waals surface area contributed by atoms with E-state index in [1.165, 1.54) is 5.56 Å². The zero-order chi connectivity index (χ0) is 19.2. The number of methoxy groups -OCH3 is 2. The number of hydrogen-bond acceptors (Lipinski definition) is 6. The number of hydrogen-bond donors (Lipinski definition) is 1. The molecule has 1 atom stereocenters. The molecular weight excluding hydrogens is 346 g/mol. The van der Waals surface area contributed by atoms with Crippen molar-refractivity contribution in [2.75, 3.05) is 40.4 Å². The standard InChI is InChI=1S/C20H25N3O4/c1-26-16-4-3-5-17(27-2)18(16)19(20(24)25)23-12-10-22(11-13-23)14-15-6-8-21-9-7-15/h3-9,19H,10-14H2,1-2H3,(H,24,25)/t19-/m0/s1. The highest BCUT2D eigenvalue weighted by atomic mass is 16.5. The van der Waals surface area contributed by atoms with E-state index in [9.17, 15) is 9.90 Å². The Morgan fingerprint density at radius 3 is 2.19 bits per heavy atom. The number of benzene rings is 1. The Balaban J connectivity index is 1.75. The largest absolute Gasteiger partial charge is 0.496 e. The van der Waals surface area contributed by atoms with Gasteiger partial charge in [0.15, 0.2) is 0 Å². The average molecular weight is 371 g/mol. The van der Waals surface area contributed by atoms with Gasteiger partial charge in [-0.2, -0.15) is 0 Å². The zero-order valence-corrected chi connectivity index (χ0v) is 15.7. The van der Waals surface area contributed by atoms with Gasteiger partial charge in [0.2, 0.25) is 0 Å². The van der Waals surface area contributed by atoms with Gasteiger partial charge >= 0.3 is 5.97 Å². The first-order valence-electron chi connectivity index (χ1n) is 8.93. The summed E-state index contributed by atoms with van der Waals surface area (Å²) in [6.45, 7) is 3.74. The van der Waals surface area contributed by atoms with E-state index >= 15 is 0 Å². The van der Waals surface area contributed by atoms with Crippen LogP contribution in [-0.2, 0) is 11.3 Å². The van der Waals surface area contributed by atoms with Crippen LogP contribution in [0.5, 0.6) is 11.5 Å². The van der Waals surface area contributed by atoms with Crippen molar-refractivity contribution in [2.45, 2.75) is 12.6 Å². The Kier molecular flexibility index (Phi) is 6.26. The molecule has 27 heavy (non-hydrogen) atoms. The van der Waals surface area contributed by atoms with Crippen LogP contribution < -0.4 is 9.47 Å². The molecular formula is C20H25N3O4. The number of aromatic nitrogens is 1. The summed E-state index contributed by atoms with van der Waals surface area (Å²) in [4.78, 5) is 20.5. The molecule has 7 nitrogen and oxygen atoms in total. The van der Waals surface area contributed by atoms with Crippen molar-refractivity contribution in [3.63, 3.8) is 0 Å². The van der Waals surface area contributed by atoms with Crippen molar-refractivity contribution in [3.8, 4) is 11.5 Å². The lowest BCUT2D eigenvalue weighted by Gasteiger charge is -2.38. The van der Waals surface area contributed by atoms with Crippen molar-refractivity contribution in [2.24, 2.45) is 0 Å². The number of nitrogens with zero attached hydrogens (tertiary/aromatic N) is 3. The first kappa shape index (κ1) is 19.1. The predicted octanol–water partition coefficient (Wildman–Crippen LogP) is 2.04. The van der Waals surface area contributed by atoms with E-state index in [0.717, 1.165) is 19.6 Å². The Morgan fingerprint density at radius 2 is 1.67 bits per heavy atom. The molecule has 144 valence electrons. The smallest absolute Gasteiger partial charge is 0.325 e. The van der Waals surface area contributed by atoms with Gasteiger partial charge in [-0.1, -0.05) is 6.07 Å². The van der Waals surface area contributed by atoms with Crippen LogP contribution >= 0.6 is 0 Å². The third kappa shape index (κ3) is 4.37. The topological polar surface area (TPSA) is 75.1 Å². The summed E-state index contributed by atoms with van der Waals surface area (Å²) in [5, 5.41) is 9.95. The van der Waals surface area contributed by atoms with Crippen molar-refractivity contribution >= 4 is 5.97 Å². The van der Waals surface area contributed by atoms with Gasteiger partial charge in [-0.15, -0.1) is 0 Å². The van der Waals surface area contributed by atoms with Crippen LogP contribution in [0.1, 0.15) is 17.2 Å². The Labute approximate surface area is 159 Å². The van der Waals surface area contributed by atoms with Crippen molar-refractivity contribution in [1.82, 2.24) is 14.8 Å². The molecule has 1 saturated heterocycles. The van der Waals surface area contributed by atoms with Gasteiger partial charge in [-0.05, 0) is 29.8 Å². The minimum absolute atomic E-state index is 0.529. The Morgan fingerprint density at radius 1 is 1.07 bits per heavy atom. The van der Waals surface area contributed by atoms with Gasteiger partial charge < -0.3 is 14.6 Å². The zero-order valence-electron chi connectivity index (χ0n) is 15.7. The molecule has 1 aliphatic heterocycles. The maximum absolute atomic E-state index is 12.1. The molecule has 1 aromatic carbocycles. The summed E-state index contributed by atoms with van der Waals surface area (Å²) in [6, 6.07) is 8.55. The van der Waals surface area contributed by atoms with Crippen LogP contribution in [-0.4, -0.2) is 66.3 Å². The number of rotatable bonds is 7. The van der Waals surface area contributed by atoms with E-state index in [4.69, 9.17) is 9.47 Å². The maximum Gasteiger partial charge on any atom is 0.325 e. The first-order valence-corrected chi connectivity index (χ1v) is 8.93. The normalized spacial score (nSPS) is 16.7. The minimum atomic E-state index is -0.902.